The van der Waals surface area contributed by atoms with Gasteiger partial charge in [-0.15, -0.1) is 0 Å². The number of hydrogen-bond donors (Lipinski definition) is 0. The van der Waals surface area contributed by atoms with Crippen molar-refractivity contribution >= 4 is 18.7 Å². The van der Waals surface area contributed by atoms with Gasteiger partial charge in [-0.25, -0.2) is 0 Å². The highest BCUT2D eigenvalue weighted by Crippen LogP contribution is 2.37. The SMILES string of the molecule is CC(C)(C)[Si](OCc1cc[c]cc1)(c1ccccc1)c1ccccc1. The summed E-state index contributed by atoms with van der Waals surface area (Å²) in [6, 6.07) is 32.7. The lowest BCUT2D eigenvalue weighted by Crippen LogP contribution is -2.66. The molecule has 1 nitrogen and oxygen atoms in total. The summed E-state index contributed by atoms with van der Waals surface area (Å²) in [5.41, 5.74) is 1.19. The topological polar surface area (TPSA) is 9.23 Å². The Morgan fingerprint density at radius 2 is 1.24 bits per heavy atom. The Hall–Kier alpha value is -2.16. The van der Waals surface area contributed by atoms with Crippen molar-refractivity contribution in [2.24, 2.45) is 0 Å². The highest BCUT2D eigenvalue weighted by Gasteiger charge is 2.50. The van der Waals surface area contributed by atoms with E-state index in [1.54, 1.807) is 0 Å². The predicted octanol–water partition coefficient (Wildman–Crippen LogP) is 4.56. The molecule has 0 saturated carbocycles. The third-order valence-electron chi connectivity index (χ3n) is 4.66. The second-order valence-corrected chi connectivity index (χ2v) is 11.7. The maximum atomic E-state index is 6.88. The maximum Gasteiger partial charge on any atom is 0.261 e. The Bertz CT molecular complexity index is 737. The van der Waals surface area contributed by atoms with Gasteiger partial charge in [0, 0.05) is 0 Å². The molecule has 0 amide bonds. The molecule has 0 bridgehead atoms. The maximum absolute atomic E-state index is 6.88. The molecule has 0 heterocycles. The zero-order chi connectivity index (χ0) is 17.8. The molecule has 2 heteroatoms. The van der Waals surface area contributed by atoms with E-state index in [0.29, 0.717) is 6.61 Å². The standard InChI is InChI=1S/C23H25OSi/c1-23(2,3)25(21-15-9-5-10-16-21,22-17-11-6-12-18-22)24-19-20-13-7-4-8-14-20/h5-18H,19H2,1-3H3. The van der Waals surface area contributed by atoms with Crippen LogP contribution in [0.5, 0.6) is 0 Å². The van der Waals surface area contributed by atoms with Crippen LogP contribution in [0.1, 0.15) is 26.3 Å². The van der Waals surface area contributed by atoms with Gasteiger partial charge in [0.25, 0.3) is 8.32 Å². The number of rotatable bonds is 5. The van der Waals surface area contributed by atoms with Crippen LogP contribution >= 0.6 is 0 Å². The first-order valence-corrected chi connectivity index (χ1v) is 10.6. The smallest absolute Gasteiger partial charge is 0.261 e. The van der Waals surface area contributed by atoms with Crippen molar-refractivity contribution in [1.82, 2.24) is 0 Å². The number of benzene rings is 3. The monoisotopic (exact) mass is 345 g/mol. The summed E-state index contributed by atoms with van der Waals surface area (Å²) in [5, 5.41) is 2.64. The minimum Gasteiger partial charge on any atom is -0.403 e. The molecule has 3 rings (SSSR count). The van der Waals surface area contributed by atoms with Gasteiger partial charge in [-0.1, -0.05) is 106 Å². The van der Waals surface area contributed by atoms with Crippen LogP contribution in [0.3, 0.4) is 0 Å². The molecule has 0 aliphatic rings. The molecule has 25 heavy (non-hydrogen) atoms. The van der Waals surface area contributed by atoms with Crippen molar-refractivity contribution in [3.05, 3.63) is 96.6 Å². The minimum atomic E-state index is -2.44. The third kappa shape index (κ3) is 3.60. The first kappa shape index (κ1) is 17.7. The highest BCUT2D eigenvalue weighted by atomic mass is 28.4. The van der Waals surface area contributed by atoms with Crippen LogP contribution in [0.2, 0.25) is 5.04 Å². The van der Waals surface area contributed by atoms with Crippen LogP contribution in [0, 0.1) is 6.07 Å². The molecular weight excluding hydrogens is 320 g/mol. The molecule has 0 spiro atoms. The molecule has 0 N–H and O–H groups in total. The van der Waals surface area contributed by atoms with E-state index in [1.165, 1.54) is 15.9 Å². The van der Waals surface area contributed by atoms with E-state index in [1.807, 2.05) is 12.1 Å². The zero-order valence-corrected chi connectivity index (χ0v) is 16.2. The molecule has 127 valence electrons. The Kier molecular flexibility index (Phi) is 5.21. The summed E-state index contributed by atoms with van der Waals surface area (Å²) in [5.74, 6) is 0. The molecule has 0 aliphatic carbocycles. The first-order valence-electron chi connectivity index (χ1n) is 8.74. The lowest BCUT2D eigenvalue weighted by atomic mass is 10.2. The van der Waals surface area contributed by atoms with Gasteiger partial charge < -0.3 is 4.43 Å². The summed E-state index contributed by atoms with van der Waals surface area (Å²) in [4.78, 5) is 0. The van der Waals surface area contributed by atoms with E-state index < -0.39 is 8.32 Å². The molecule has 0 aromatic heterocycles. The van der Waals surface area contributed by atoms with E-state index in [-0.39, 0.29) is 5.04 Å². The predicted molar refractivity (Wildman–Crippen MR) is 108 cm³/mol. The molecule has 0 atom stereocenters. The summed E-state index contributed by atoms with van der Waals surface area (Å²) < 4.78 is 6.88. The zero-order valence-electron chi connectivity index (χ0n) is 15.2. The Morgan fingerprint density at radius 1 is 0.760 bits per heavy atom. The summed E-state index contributed by atoms with van der Waals surface area (Å²) in [6.45, 7) is 7.52. The fourth-order valence-corrected chi connectivity index (χ4v) is 8.01. The van der Waals surface area contributed by atoms with Crippen LogP contribution in [0.25, 0.3) is 0 Å². The molecule has 0 saturated heterocycles. The third-order valence-corrected chi connectivity index (χ3v) is 9.64. The minimum absolute atomic E-state index is 0.0105. The van der Waals surface area contributed by atoms with Crippen molar-refractivity contribution < 1.29 is 4.43 Å². The van der Waals surface area contributed by atoms with E-state index >= 15 is 0 Å². The van der Waals surface area contributed by atoms with Crippen LogP contribution < -0.4 is 10.4 Å². The van der Waals surface area contributed by atoms with Crippen molar-refractivity contribution in [2.75, 3.05) is 0 Å². The highest BCUT2D eigenvalue weighted by molar-refractivity contribution is 6.99. The Morgan fingerprint density at radius 3 is 1.68 bits per heavy atom. The Balaban J connectivity index is 2.12. The van der Waals surface area contributed by atoms with Crippen LogP contribution in [0.15, 0.2) is 84.9 Å². The van der Waals surface area contributed by atoms with Gasteiger partial charge in [-0.2, -0.15) is 0 Å². The second kappa shape index (κ2) is 7.38. The molecule has 1 radical (unpaired) electrons. The molecule has 0 fully saturated rings. The second-order valence-electron chi connectivity index (χ2n) is 7.36. The van der Waals surface area contributed by atoms with Crippen molar-refractivity contribution in [3.8, 4) is 0 Å². The average molecular weight is 346 g/mol. The first-order chi connectivity index (χ1) is 12.0. The largest absolute Gasteiger partial charge is 0.403 e. The van der Waals surface area contributed by atoms with Crippen LogP contribution in [-0.2, 0) is 11.0 Å². The molecular formula is C23H25OSi. The van der Waals surface area contributed by atoms with Crippen molar-refractivity contribution in [2.45, 2.75) is 32.4 Å². The van der Waals surface area contributed by atoms with Crippen molar-refractivity contribution in [3.63, 3.8) is 0 Å². The van der Waals surface area contributed by atoms with Gasteiger partial charge in [0.2, 0.25) is 0 Å². The normalized spacial score (nSPS) is 12.1. The molecule has 3 aromatic rings. The molecule has 0 aliphatic heterocycles. The lowest BCUT2D eigenvalue weighted by molar-refractivity contribution is 0.286. The van der Waals surface area contributed by atoms with Gasteiger partial charge >= 0.3 is 0 Å². The number of hydrogen-bond acceptors (Lipinski definition) is 1. The quantitative estimate of drug-likeness (QED) is 0.616. The summed E-state index contributed by atoms with van der Waals surface area (Å²) >= 11 is 0. The average Bonchev–Trinajstić information content (AvgIpc) is 2.64. The lowest BCUT2D eigenvalue weighted by Gasteiger charge is -2.43. The van der Waals surface area contributed by atoms with Crippen molar-refractivity contribution in [1.29, 1.82) is 0 Å². The van der Waals surface area contributed by atoms with Gasteiger partial charge in [0.05, 0.1) is 6.61 Å². The van der Waals surface area contributed by atoms with E-state index in [2.05, 4.69) is 99.6 Å². The van der Waals surface area contributed by atoms with Crippen LogP contribution in [0.4, 0.5) is 0 Å². The Labute approximate surface area is 152 Å². The summed E-state index contributed by atoms with van der Waals surface area (Å²) in [7, 11) is -2.44. The van der Waals surface area contributed by atoms with E-state index in [4.69, 9.17) is 4.43 Å². The fourth-order valence-electron chi connectivity index (χ4n) is 3.47. The molecule has 3 aromatic carbocycles. The van der Waals surface area contributed by atoms with E-state index in [9.17, 15) is 0 Å². The fraction of sp³-hybridized carbons (Fsp3) is 0.217. The van der Waals surface area contributed by atoms with Gasteiger partial charge in [-0.3, -0.25) is 0 Å². The van der Waals surface area contributed by atoms with Crippen LogP contribution in [-0.4, -0.2) is 8.32 Å². The van der Waals surface area contributed by atoms with Gasteiger partial charge in [0.15, 0.2) is 0 Å². The van der Waals surface area contributed by atoms with Gasteiger partial charge in [0.1, 0.15) is 0 Å². The summed E-state index contributed by atoms with van der Waals surface area (Å²) in [6.07, 6.45) is 0. The molecule has 0 unspecified atom stereocenters. The van der Waals surface area contributed by atoms with E-state index in [0.717, 1.165) is 0 Å². The van der Waals surface area contributed by atoms with Gasteiger partial charge in [-0.05, 0) is 27.0 Å².